The van der Waals surface area contributed by atoms with Gasteiger partial charge in [-0.15, -0.1) is 0 Å². The van der Waals surface area contributed by atoms with Gasteiger partial charge in [0.1, 0.15) is 17.6 Å². The molecular formula is C10H6N4O. The van der Waals surface area contributed by atoms with E-state index in [1.54, 1.807) is 24.5 Å². The third-order valence-electron chi connectivity index (χ3n) is 1.81. The van der Waals surface area contributed by atoms with Crippen molar-refractivity contribution in [2.45, 2.75) is 0 Å². The summed E-state index contributed by atoms with van der Waals surface area (Å²) in [6.45, 7) is 0. The Bertz CT molecular complexity index is 568. The van der Waals surface area contributed by atoms with Crippen LogP contribution in [-0.2, 0) is 0 Å². The number of hydrogen-bond acceptors (Lipinski definition) is 4. The van der Waals surface area contributed by atoms with Crippen molar-refractivity contribution in [2.75, 3.05) is 0 Å². The molecule has 1 N–H and O–H groups in total. The van der Waals surface area contributed by atoms with E-state index >= 15 is 0 Å². The normalized spacial score (nSPS) is 9.53. The standard InChI is InChI=1S/C10H6N4O/c11-6-8-5-9(15)14-10(13-8)7-1-3-12-4-2-7/h1-5H,(H,13,14,15). The summed E-state index contributed by atoms with van der Waals surface area (Å²) in [5.41, 5.74) is 0.484. The monoisotopic (exact) mass is 198 g/mol. The molecule has 0 radical (unpaired) electrons. The highest BCUT2D eigenvalue weighted by atomic mass is 16.1. The number of nitriles is 1. The van der Waals surface area contributed by atoms with Gasteiger partial charge in [0.15, 0.2) is 0 Å². The maximum absolute atomic E-state index is 11.2. The van der Waals surface area contributed by atoms with Gasteiger partial charge in [-0.3, -0.25) is 9.78 Å². The molecule has 0 aromatic carbocycles. The van der Waals surface area contributed by atoms with E-state index in [0.29, 0.717) is 5.82 Å². The van der Waals surface area contributed by atoms with Crippen molar-refractivity contribution < 1.29 is 0 Å². The largest absolute Gasteiger partial charge is 0.306 e. The molecule has 0 fully saturated rings. The minimum absolute atomic E-state index is 0.102. The summed E-state index contributed by atoms with van der Waals surface area (Å²) in [4.78, 5) is 21.6. The number of aromatic amines is 1. The topological polar surface area (TPSA) is 82.4 Å². The molecule has 5 nitrogen and oxygen atoms in total. The van der Waals surface area contributed by atoms with Gasteiger partial charge < -0.3 is 4.98 Å². The highest BCUT2D eigenvalue weighted by Crippen LogP contribution is 2.10. The van der Waals surface area contributed by atoms with E-state index in [4.69, 9.17) is 5.26 Å². The van der Waals surface area contributed by atoms with Crippen molar-refractivity contribution in [1.82, 2.24) is 15.0 Å². The van der Waals surface area contributed by atoms with Crippen LogP contribution in [0, 0.1) is 11.3 Å². The van der Waals surface area contributed by atoms with Gasteiger partial charge in [-0.25, -0.2) is 4.98 Å². The second-order valence-electron chi connectivity index (χ2n) is 2.83. The van der Waals surface area contributed by atoms with E-state index in [2.05, 4.69) is 15.0 Å². The number of nitrogens with one attached hydrogen (secondary N) is 1. The summed E-state index contributed by atoms with van der Waals surface area (Å²) in [5.74, 6) is 0.376. The molecule has 0 aliphatic rings. The zero-order chi connectivity index (χ0) is 10.7. The fraction of sp³-hybridized carbons (Fsp3) is 0. The zero-order valence-electron chi connectivity index (χ0n) is 7.64. The predicted molar refractivity (Wildman–Crippen MR) is 52.8 cm³/mol. The number of hydrogen-bond donors (Lipinski definition) is 1. The summed E-state index contributed by atoms with van der Waals surface area (Å²) < 4.78 is 0. The van der Waals surface area contributed by atoms with Gasteiger partial charge in [-0.05, 0) is 12.1 Å². The third kappa shape index (κ3) is 1.89. The second-order valence-corrected chi connectivity index (χ2v) is 2.83. The number of pyridine rings is 1. The SMILES string of the molecule is N#Cc1cc(=O)[nH]c(-c2ccncc2)n1. The molecule has 2 heterocycles. The van der Waals surface area contributed by atoms with E-state index in [-0.39, 0.29) is 11.3 Å². The van der Waals surface area contributed by atoms with Crippen molar-refractivity contribution in [2.24, 2.45) is 0 Å². The summed E-state index contributed by atoms with van der Waals surface area (Å²) in [6.07, 6.45) is 3.18. The Labute approximate surface area is 85.1 Å². The molecule has 5 heteroatoms. The maximum Gasteiger partial charge on any atom is 0.252 e. The minimum atomic E-state index is -0.339. The zero-order valence-corrected chi connectivity index (χ0v) is 7.64. The van der Waals surface area contributed by atoms with Crippen molar-refractivity contribution in [3.05, 3.63) is 46.6 Å². The van der Waals surface area contributed by atoms with E-state index in [9.17, 15) is 4.79 Å². The molecule has 0 unspecified atom stereocenters. The van der Waals surface area contributed by atoms with Crippen LogP contribution >= 0.6 is 0 Å². The summed E-state index contributed by atoms with van der Waals surface area (Å²) >= 11 is 0. The Balaban J connectivity index is 2.60. The van der Waals surface area contributed by atoms with E-state index < -0.39 is 0 Å². The number of nitrogens with zero attached hydrogens (tertiary/aromatic N) is 3. The van der Waals surface area contributed by atoms with Gasteiger partial charge in [0.25, 0.3) is 5.56 Å². The van der Waals surface area contributed by atoms with E-state index in [0.717, 1.165) is 11.6 Å². The fourth-order valence-electron chi connectivity index (χ4n) is 1.16. The Morgan fingerprint density at radius 2 is 2.07 bits per heavy atom. The number of H-pyrrole nitrogens is 1. The lowest BCUT2D eigenvalue weighted by atomic mass is 10.2. The minimum Gasteiger partial charge on any atom is -0.306 e. The van der Waals surface area contributed by atoms with Crippen LogP contribution in [0.2, 0.25) is 0 Å². The first-order valence-electron chi connectivity index (χ1n) is 4.21. The van der Waals surface area contributed by atoms with Gasteiger partial charge in [0, 0.05) is 24.0 Å². The van der Waals surface area contributed by atoms with Crippen molar-refractivity contribution in [1.29, 1.82) is 5.26 Å². The average molecular weight is 198 g/mol. The van der Waals surface area contributed by atoms with Gasteiger partial charge in [0.05, 0.1) is 0 Å². The lowest BCUT2D eigenvalue weighted by Crippen LogP contribution is -2.08. The van der Waals surface area contributed by atoms with Crippen LogP contribution in [0.25, 0.3) is 11.4 Å². The first kappa shape index (κ1) is 9.09. The molecule has 0 bridgehead atoms. The van der Waals surface area contributed by atoms with Crippen LogP contribution in [0.15, 0.2) is 35.4 Å². The molecule has 0 amide bonds. The molecule has 15 heavy (non-hydrogen) atoms. The molecule has 2 rings (SSSR count). The molecular weight excluding hydrogens is 192 g/mol. The van der Waals surface area contributed by atoms with E-state index in [1.807, 2.05) is 6.07 Å². The Hall–Kier alpha value is -2.48. The molecule has 0 aliphatic carbocycles. The number of aromatic nitrogens is 3. The fourth-order valence-corrected chi connectivity index (χ4v) is 1.16. The van der Waals surface area contributed by atoms with Crippen molar-refractivity contribution >= 4 is 0 Å². The van der Waals surface area contributed by atoms with Crippen LogP contribution in [-0.4, -0.2) is 15.0 Å². The average Bonchev–Trinajstić information content (AvgIpc) is 2.29. The van der Waals surface area contributed by atoms with Crippen molar-refractivity contribution in [3.63, 3.8) is 0 Å². The molecule has 0 aliphatic heterocycles. The smallest absolute Gasteiger partial charge is 0.252 e. The summed E-state index contributed by atoms with van der Waals surface area (Å²) in [6, 6.07) is 6.40. The molecule has 0 spiro atoms. The molecule has 2 aromatic rings. The first-order chi connectivity index (χ1) is 7.29. The highest BCUT2D eigenvalue weighted by molar-refractivity contribution is 5.53. The quantitative estimate of drug-likeness (QED) is 0.731. The molecule has 0 saturated heterocycles. The lowest BCUT2D eigenvalue weighted by Gasteiger charge is -1.99. The second kappa shape index (κ2) is 3.72. The molecule has 72 valence electrons. The molecule has 2 aromatic heterocycles. The Morgan fingerprint density at radius 3 is 2.73 bits per heavy atom. The first-order valence-corrected chi connectivity index (χ1v) is 4.21. The Morgan fingerprint density at radius 1 is 1.33 bits per heavy atom. The summed E-state index contributed by atoms with van der Waals surface area (Å²) in [7, 11) is 0. The van der Waals surface area contributed by atoms with Crippen LogP contribution < -0.4 is 5.56 Å². The van der Waals surface area contributed by atoms with Crippen LogP contribution in [0.5, 0.6) is 0 Å². The summed E-state index contributed by atoms with van der Waals surface area (Å²) in [5, 5.41) is 8.66. The Kier molecular flexibility index (Phi) is 2.25. The third-order valence-corrected chi connectivity index (χ3v) is 1.81. The van der Waals surface area contributed by atoms with Gasteiger partial charge in [-0.2, -0.15) is 5.26 Å². The highest BCUT2D eigenvalue weighted by Gasteiger charge is 2.02. The van der Waals surface area contributed by atoms with Gasteiger partial charge >= 0.3 is 0 Å². The molecule has 0 atom stereocenters. The predicted octanol–water partition coefficient (Wildman–Crippen LogP) is 0.704. The van der Waals surface area contributed by atoms with Crippen LogP contribution in [0.1, 0.15) is 5.69 Å². The maximum atomic E-state index is 11.2. The van der Waals surface area contributed by atoms with Gasteiger partial charge in [-0.1, -0.05) is 0 Å². The number of rotatable bonds is 1. The van der Waals surface area contributed by atoms with Crippen LogP contribution in [0.4, 0.5) is 0 Å². The van der Waals surface area contributed by atoms with Crippen LogP contribution in [0.3, 0.4) is 0 Å². The lowest BCUT2D eigenvalue weighted by molar-refractivity contribution is 1.10. The molecule has 0 saturated carbocycles. The van der Waals surface area contributed by atoms with E-state index in [1.165, 1.54) is 0 Å². The van der Waals surface area contributed by atoms with Gasteiger partial charge in [0.2, 0.25) is 0 Å². The van der Waals surface area contributed by atoms with Crippen molar-refractivity contribution in [3.8, 4) is 17.5 Å².